The number of hydrogen-bond acceptors (Lipinski definition) is 6. The first-order chi connectivity index (χ1) is 20.7. The van der Waals surface area contributed by atoms with Gasteiger partial charge >= 0.3 is 5.97 Å². The van der Waals surface area contributed by atoms with Crippen LogP contribution in [0.2, 0.25) is 0 Å². The molecule has 0 radical (unpaired) electrons. The minimum atomic E-state index is -0.591. The Bertz CT molecular complexity index is 1110. The van der Waals surface area contributed by atoms with Crippen molar-refractivity contribution >= 4 is 5.97 Å². The van der Waals surface area contributed by atoms with Gasteiger partial charge < -0.3 is 18.7 Å². The number of hydrogen-bond donors (Lipinski definition) is 0. The lowest BCUT2D eigenvalue weighted by Gasteiger charge is -2.07. The van der Waals surface area contributed by atoms with Crippen LogP contribution in [0, 0.1) is 0 Å². The summed E-state index contributed by atoms with van der Waals surface area (Å²) in [4.78, 5) is 12.6. The number of aromatic nitrogens is 1. The maximum atomic E-state index is 12.6. The molecule has 0 unspecified atom stereocenters. The van der Waals surface area contributed by atoms with Crippen LogP contribution in [0.15, 0.2) is 59.1 Å². The second-order valence-corrected chi connectivity index (χ2v) is 11.1. The van der Waals surface area contributed by atoms with E-state index in [2.05, 4.69) is 19.0 Å². The van der Waals surface area contributed by atoms with Gasteiger partial charge in [-0.1, -0.05) is 109 Å². The maximum absolute atomic E-state index is 12.6. The smallest absolute Gasteiger partial charge is 0.382 e. The zero-order valence-electron chi connectivity index (χ0n) is 25.9. The molecule has 1 aromatic heterocycles. The van der Waals surface area contributed by atoms with Crippen LogP contribution in [0.25, 0.3) is 11.3 Å². The van der Waals surface area contributed by atoms with Gasteiger partial charge in [0.15, 0.2) is 0 Å². The van der Waals surface area contributed by atoms with E-state index >= 15 is 0 Å². The molecule has 0 fully saturated rings. The van der Waals surface area contributed by atoms with E-state index in [-0.39, 0.29) is 5.76 Å². The predicted molar refractivity (Wildman–Crippen MR) is 170 cm³/mol. The Morgan fingerprint density at radius 2 is 1.02 bits per heavy atom. The van der Waals surface area contributed by atoms with Crippen molar-refractivity contribution in [2.45, 2.75) is 117 Å². The minimum Gasteiger partial charge on any atom is -0.494 e. The Labute approximate surface area is 253 Å². The molecule has 0 saturated heterocycles. The van der Waals surface area contributed by atoms with Crippen molar-refractivity contribution in [3.8, 4) is 28.5 Å². The third kappa shape index (κ3) is 13.1. The van der Waals surface area contributed by atoms with Gasteiger partial charge in [0, 0.05) is 11.6 Å². The molecule has 0 spiro atoms. The summed E-state index contributed by atoms with van der Waals surface area (Å²) in [7, 11) is 0. The van der Waals surface area contributed by atoms with E-state index in [0.717, 1.165) is 36.5 Å². The highest BCUT2D eigenvalue weighted by atomic mass is 16.6. The summed E-state index contributed by atoms with van der Waals surface area (Å²) in [6.07, 6.45) is 20.4. The molecule has 0 aliphatic carbocycles. The molecule has 0 bridgehead atoms. The summed E-state index contributed by atoms with van der Waals surface area (Å²) in [5.41, 5.74) is 1.41. The fraction of sp³-hybridized carbons (Fsp3) is 0.556. The van der Waals surface area contributed by atoms with E-state index < -0.39 is 5.97 Å². The van der Waals surface area contributed by atoms with E-state index in [1.165, 1.54) is 89.9 Å². The molecule has 230 valence electrons. The van der Waals surface area contributed by atoms with Gasteiger partial charge in [0.1, 0.15) is 22.9 Å². The van der Waals surface area contributed by atoms with Crippen LogP contribution in [0.5, 0.6) is 17.2 Å². The largest absolute Gasteiger partial charge is 0.494 e. The quantitative estimate of drug-likeness (QED) is 0.0634. The molecular formula is C36H51NO5. The van der Waals surface area contributed by atoms with Gasteiger partial charge in [-0.05, 0) is 61.4 Å². The summed E-state index contributed by atoms with van der Waals surface area (Å²) >= 11 is 0. The van der Waals surface area contributed by atoms with Crippen LogP contribution in [-0.4, -0.2) is 24.3 Å². The van der Waals surface area contributed by atoms with E-state index in [4.69, 9.17) is 18.7 Å². The van der Waals surface area contributed by atoms with Gasteiger partial charge in [0.05, 0.1) is 13.2 Å². The lowest BCUT2D eigenvalue weighted by atomic mass is 10.1. The fourth-order valence-electron chi connectivity index (χ4n) is 4.84. The number of ether oxygens (including phenoxy) is 3. The number of benzene rings is 2. The molecule has 6 heteroatoms. The molecule has 1 heterocycles. The minimum absolute atomic E-state index is 0.0510. The fourth-order valence-corrected chi connectivity index (χ4v) is 4.84. The van der Waals surface area contributed by atoms with Gasteiger partial charge in [0.25, 0.3) is 0 Å². The van der Waals surface area contributed by atoms with Gasteiger partial charge in [-0.2, -0.15) is 0 Å². The molecule has 6 nitrogen and oxygen atoms in total. The molecule has 0 saturated carbocycles. The zero-order valence-corrected chi connectivity index (χ0v) is 25.9. The Morgan fingerprint density at radius 1 is 0.595 bits per heavy atom. The third-order valence-electron chi connectivity index (χ3n) is 7.43. The van der Waals surface area contributed by atoms with Gasteiger partial charge in [-0.25, -0.2) is 4.79 Å². The van der Waals surface area contributed by atoms with E-state index in [1.54, 1.807) is 18.2 Å². The highest BCUT2D eigenvalue weighted by Gasteiger charge is 2.17. The number of carbonyl (C=O) groups excluding carboxylic acids is 1. The number of rotatable bonds is 23. The monoisotopic (exact) mass is 577 g/mol. The molecule has 0 atom stereocenters. The Balaban J connectivity index is 1.32. The van der Waals surface area contributed by atoms with E-state index in [0.29, 0.717) is 18.1 Å². The van der Waals surface area contributed by atoms with Crippen LogP contribution < -0.4 is 14.2 Å². The Kier molecular flexibility index (Phi) is 16.3. The summed E-state index contributed by atoms with van der Waals surface area (Å²) in [6.45, 7) is 5.91. The zero-order chi connectivity index (χ0) is 29.7. The summed E-state index contributed by atoms with van der Waals surface area (Å²) in [6, 6.07) is 16.4. The van der Waals surface area contributed by atoms with Crippen molar-refractivity contribution in [2.24, 2.45) is 0 Å². The second kappa shape index (κ2) is 20.6. The van der Waals surface area contributed by atoms with E-state index in [1.807, 2.05) is 36.4 Å². The molecule has 2 aromatic carbocycles. The summed E-state index contributed by atoms with van der Waals surface area (Å²) in [5.74, 6) is 1.48. The Morgan fingerprint density at radius 3 is 1.52 bits per heavy atom. The topological polar surface area (TPSA) is 70.8 Å². The number of nitrogens with zero attached hydrogens (tertiary/aromatic N) is 1. The molecule has 3 rings (SSSR count). The first-order valence-electron chi connectivity index (χ1n) is 16.3. The first-order valence-corrected chi connectivity index (χ1v) is 16.3. The summed E-state index contributed by atoms with van der Waals surface area (Å²) in [5, 5.41) is 4.05. The molecule has 0 amide bonds. The first kappa shape index (κ1) is 33.2. The van der Waals surface area contributed by atoms with Gasteiger partial charge in [0.2, 0.25) is 5.76 Å². The average Bonchev–Trinajstić information content (AvgIpc) is 3.51. The molecule has 3 aromatic rings. The lowest BCUT2D eigenvalue weighted by molar-refractivity contribution is 0.0691. The molecule has 0 N–H and O–H groups in total. The highest BCUT2D eigenvalue weighted by Crippen LogP contribution is 2.24. The summed E-state index contributed by atoms with van der Waals surface area (Å²) < 4.78 is 22.5. The SMILES string of the molecule is CCCCCCCCCCOc1ccc(OC(=O)c2cc(-c3ccc(OCCCCCCCCCC)cc3)no2)cc1. The number of unbranched alkanes of at least 4 members (excludes halogenated alkanes) is 14. The van der Waals surface area contributed by atoms with Crippen molar-refractivity contribution in [1.29, 1.82) is 0 Å². The molecule has 0 aliphatic rings. The van der Waals surface area contributed by atoms with Crippen molar-refractivity contribution < 1.29 is 23.5 Å². The van der Waals surface area contributed by atoms with Crippen molar-refractivity contribution in [3.05, 3.63) is 60.4 Å². The average molecular weight is 578 g/mol. The van der Waals surface area contributed by atoms with Crippen LogP contribution in [0.3, 0.4) is 0 Å². The van der Waals surface area contributed by atoms with Crippen LogP contribution in [0.4, 0.5) is 0 Å². The number of carbonyl (C=O) groups is 1. The Hall–Kier alpha value is -3.28. The van der Waals surface area contributed by atoms with Gasteiger partial charge in [-0.15, -0.1) is 0 Å². The van der Waals surface area contributed by atoms with Crippen LogP contribution in [0.1, 0.15) is 127 Å². The normalized spacial score (nSPS) is 11.0. The van der Waals surface area contributed by atoms with E-state index in [9.17, 15) is 4.79 Å². The third-order valence-corrected chi connectivity index (χ3v) is 7.43. The van der Waals surface area contributed by atoms with Crippen LogP contribution in [-0.2, 0) is 0 Å². The van der Waals surface area contributed by atoms with Crippen molar-refractivity contribution in [1.82, 2.24) is 5.16 Å². The van der Waals surface area contributed by atoms with Crippen molar-refractivity contribution in [2.75, 3.05) is 13.2 Å². The molecule has 42 heavy (non-hydrogen) atoms. The predicted octanol–water partition coefficient (Wildman–Crippen LogP) is 10.6. The van der Waals surface area contributed by atoms with Crippen LogP contribution >= 0.6 is 0 Å². The van der Waals surface area contributed by atoms with Crippen molar-refractivity contribution in [3.63, 3.8) is 0 Å². The standard InChI is InChI=1S/C36H51NO5/c1-3-5-7-9-11-13-15-17-27-39-31-21-19-30(20-22-31)34-29-35(42-37-34)36(38)41-33-25-23-32(24-26-33)40-28-18-16-14-12-10-8-6-4-2/h19-26,29H,3-18,27-28H2,1-2H3. The molecule has 0 aliphatic heterocycles. The molecular weight excluding hydrogens is 526 g/mol. The lowest BCUT2D eigenvalue weighted by Crippen LogP contribution is -2.07. The van der Waals surface area contributed by atoms with Gasteiger partial charge in [-0.3, -0.25) is 0 Å². The second-order valence-electron chi connectivity index (χ2n) is 11.1. The highest BCUT2D eigenvalue weighted by molar-refractivity contribution is 5.89. The number of esters is 1. The maximum Gasteiger partial charge on any atom is 0.382 e.